The third kappa shape index (κ3) is 3.98. The largest absolute Gasteiger partial charge is 0.404 e. The summed E-state index contributed by atoms with van der Waals surface area (Å²) in [5.41, 5.74) is 6.86. The number of allylic oxidation sites excluding steroid dienone is 1. The van der Waals surface area contributed by atoms with Gasteiger partial charge in [0.1, 0.15) is 0 Å². The predicted molar refractivity (Wildman–Crippen MR) is 69.7 cm³/mol. The Morgan fingerprint density at radius 2 is 2.06 bits per heavy atom. The maximum Gasteiger partial charge on any atom is 0.176 e. The van der Waals surface area contributed by atoms with Gasteiger partial charge in [-0.25, -0.2) is 0 Å². The van der Waals surface area contributed by atoms with Gasteiger partial charge in [0.2, 0.25) is 0 Å². The van der Waals surface area contributed by atoms with Crippen molar-refractivity contribution >= 4 is 27.9 Å². The number of rotatable bonds is 5. The Balaban J connectivity index is 2.58. The summed E-state index contributed by atoms with van der Waals surface area (Å²) in [5, 5.41) is 0.257. The average Bonchev–Trinajstić information content (AvgIpc) is 2.35. The number of alkyl halides is 1. The molecule has 0 aromatic heterocycles. The van der Waals surface area contributed by atoms with Crippen molar-refractivity contribution in [3.8, 4) is 0 Å². The van der Waals surface area contributed by atoms with Gasteiger partial charge in [0.15, 0.2) is 5.78 Å². The molecule has 1 rings (SSSR count). The van der Waals surface area contributed by atoms with E-state index in [0.29, 0.717) is 12.1 Å². The van der Waals surface area contributed by atoms with Crippen LogP contribution in [0.2, 0.25) is 0 Å². The van der Waals surface area contributed by atoms with Crippen molar-refractivity contribution < 1.29 is 4.79 Å². The molecule has 0 amide bonds. The van der Waals surface area contributed by atoms with Crippen LogP contribution < -0.4 is 5.73 Å². The van der Waals surface area contributed by atoms with Crippen LogP contribution in [0.5, 0.6) is 0 Å². The first-order valence-electron chi connectivity index (χ1n) is 4.82. The van der Waals surface area contributed by atoms with Gasteiger partial charge >= 0.3 is 0 Å². The van der Waals surface area contributed by atoms with Crippen LogP contribution in [0.25, 0.3) is 0 Å². The first-order chi connectivity index (χ1) is 7.77. The third-order valence-corrected chi connectivity index (χ3v) is 2.48. The van der Waals surface area contributed by atoms with Gasteiger partial charge in [-0.3, -0.25) is 9.79 Å². The lowest BCUT2D eigenvalue weighted by molar-refractivity contribution is -0.112. The zero-order valence-electron chi connectivity index (χ0n) is 8.77. The number of hydrogen-bond acceptors (Lipinski definition) is 3. The number of carbonyl (C=O) groups is 1. The molecule has 3 nitrogen and oxygen atoms in total. The normalized spacial score (nSPS) is 11.9. The standard InChI is InChI=1S/C12H13BrN2O/c13-6-12(16)11(7-14)9-15-8-10-4-2-1-3-5-10/h1-5,7,9H,6,8,14H2. The summed E-state index contributed by atoms with van der Waals surface area (Å²) in [5.74, 6) is -0.0701. The molecule has 0 atom stereocenters. The Kier molecular flexibility index (Phi) is 5.50. The Hall–Kier alpha value is -1.42. The van der Waals surface area contributed by atoms with Gasteiger partial charge in [0.25, 0.3) is 0 Å². The number of hydrogen-bond donors (Lipinski definition) is 1. The summed E-state index contributed by atoms with van der Waals surface area (Å²) < 4.78 is 0. The summed E-state index contributed by atoms with van der Waals surface area (Å²) in [6.07, 6.45) is 2.79. The van der Waals surface area contributed by atoms with E-state index in [0.717, 1.165) is 5.56 Å². The molecular formula is C12H13BrN2O. The number of carbonyl (C=O) groups excluding carboxylic acids is 1. The second-order valence-electron chi connectivity index (χ2n) is 3.13. The molecule has 16 heavy (non-hydrogen) atoms. The highest BCUT2D eigenvalue weighted by molar-refractivity contribution is 9.09. The molecule has 0 heterocycles. The maximum atomic E-state index is 11.3. The highest BCUT2D eigenvalue weighted by Gasteiger charge is 2.03. The van der Waals surface area contributed by atoms with Gasteiger partial charge in [-0.1, -0.05) is 46.3 Å². The molecule has 1 aromatic rings. The molecule has 0 fully saturated rings. The van der Waals surface area contributed by atoms with Crippen molar-refractivity contribution in [1.29, 1.82) is 0 Å². The lowest BCUT2D eigenvalue weighted by Gasteiger charge is -1.97. The number of Topliss-reactive ketones (excluding diaryl/α,β-unsaturated/α-hetero) is 1. The quantitative estimate of drug-likeness (QED) is 0.510. The molecule has 0 unspecified atom stereocenters. The molecule has 0 spiro atoms. The number of halogens is 1. The second-order valence-corrected chi connectivity index (χ2v) is 3.69. The molecule has 84 valence electrons. The van der Waals surface area contributed by atoms with Crippen molar-refractivity contribution in [3.63, 3.8) is 0 Å². The Labute approximate surface area is 103 Å². The van der Waals surface area contributed by atoms with E-state index in [4.69, 9.17) is 5.73 Å². The minimum absolute atomic E-state index is 0.0701. The van der Waals surface area contributed by atoms with E-state index >= 15 is 0 Å². The molecule has 0 saturated heterocycles. The molecule has 0 radical (unpaired) electrons. The summed E-state index contributed by atoms with van der Waals surface area (Å²) in [6, 6.07) is 9.82. The van der Waals surface area contributed by atoms with Crippen molar-refractivity contribution in [2.75, 3.05) is 5.33 Å². The Morgan fingerprint density at radius 1 is 1.38 bits per heavy atom. The average molecular weight is 281 g/mol. The van der Waals surface area contributed by atoms with Gasteiger partial charge in [0.05, 0.1) is 17.4 Å². The molecule has 0 aliphatic heterocycles. The monoisotopic (exact) mass is 280 g/mol. The highest BCUT2D eigenvalue weighted by atomic mass is 79.9. The zero-order valence-corrected chi connectivity index (χ0v) is 10.4. The number of nitrogens with two attached hydrogens (primary N) is 1. The van der Waals surface area contributed by atoms with Crippen molar-refractivity contribution in [3.05, 3.63) is 47.7 Å². The van der Waals surface area contributed by atoms with Gasteiger partial charge in [-0.2, -0.15) is 0 Å². The van der Waals surface area contributed by atoms with E-state index < -0.39 is 0 Å². The van der Waals surface area contributed by atoms with E-state index in [1.165, 1.54) is 12.4 Å². The molecule has 0 aliphatic carbocycles. The minimum atomic E-state index is -0.0701. The van der Waals surface area contributed by atoms with Crippen LogP contribution in [0.1, 0.15) is 5.56 Å². The Morgan fingerprint density at radius 3 is 2.62 bits per heavy atom. The second kappa shape index (κ2) is 6.95. The van der Waals surface area contributed by atoms with Crippen LogP contribution >= 0.6 is 15.9 Å². The van der Waals surface area contributed by atoms with Crippen LogP contribution in [0.3, 0.4) is 0 Å². The summed E-state index contributed by atoms with van der Waals surface area (Å²) in [4.78, 5) is 15.5. The molecule has 2 N–H and O–H groups in total. The third-order valence-electron chi connectivity index (χ3n) is 1.97. The molecule has 0 aliphatic rings. The first-order valence-corrected chi connectivity index (χ1v) is 5.95. The molecule has 0 saturated carbocycles. The lowest BCUT2D eigenvalue weighted by atomic mass is 10.2. The molecule has 4 heteroatoms. The minimum Gasteiger partial charge on any atom is -0.404 e. The fourth-order valence-corrected chi connectivity index (χ4v) is 1.44. The smallest absolute Gasteiger partial charge is 0.176 e. The van der Waals surface area contributed by atoms with E-state index in [1.54, 1.807) is 0 Å². The van der Waals surface area contributed by atoms with Gasteiger partial charge in [0, 0.05) is 12.4 Å². The van der Waals surface area contributed by atoms with Crippen LogP contribution in [-0.2, 0) is 11.3 Å². The molecule has 0 bridgehead atoms. The zero-order chi connectivity index (χ0) is 11.8. The highest BCUT2D eigenvalue weighted by Crippen LogP contribution is 2.01. The maximum absolute atomic E-state index is 11.3. The predicted octanol–water partition coefficient (Wildman–Crippen LogP) is 2.06. The van der Waals surface area contributed by atoms with Crippen molar-refractivity contribution in [2.24, 2.45) is 10.7 Å². The van der Waals surface area contributed by atoms with Gasteiger partial charge in [-0.05, 0) is 5.56 Å². The van der Waals surface area contributed by atoms with E-state index in [1.807, 2.05) is 30.3 Å². The molecule has 1 aromatic carbocycles. The van der Waals surface area contributed by atoms with Gasteiger partial charge in [-0.15, -0.1) is 0 Å². The van der Waals surface area contributed by atoms with E-state index in [9.17, 15) is 4.79 Å². The summed E-state index contributed by atoms with van der Waals surface area (Å²) in [7, 11) is 0. The van der Waals surface area contributed by atoms with Crippen LogP contribution in [-0.4, -0.2) is 17.3 Å². The summed E-state index contributed by atoms with van der Waals surface area (Å²) in [6.45, 7) is 0.549. The van der Waals surface area contributed by atoms with Crippen LogP contribution in [0.15, 0.2) is 47.1 Å². The fraction of sp³-hybridized carbons (Fsp3) is 0.167. The van der Waals surface area contributed by atoms with Crippen molar-refractivity contribution in [1.82, 2.24) is 0 Å². The van der Waals surface area contributed by atoms with Crippen molar-refractivity contribution in [2.45, 2.75) is 6.54 Å². The first kappa shape index (κ1) is 12.6. The summed E-state index contributed by atoms with van der Waals surface area (Å²) >= 11 is 3.09. The lowest BCUT2D eigenvalue weighted by Crippen LogP contribution is -2.07. The number of benzene rings is 1. The topological polar surface area (TPSA) is 55.4 Å². The van der Waals surface area contributed by atoms with Crippen LogP contribution in [0, 0.1) is 0 Å². The van der Waals surface area contributed by atoms with E-state index in [2.05, 4.69) is 20.9 Å². The fourth-order valence-electron chi connectivity index (χ4n) is 1.12. The number of ketones is 1. The SMILES string of the molecule is NC=C(C=NCc1ccccc1)C(=O)CBr. The van der Waals surface area contributed by atoms with E-state index in [-0.39, 0.29) is 11.1 Å². The number of aliphatic imine (C=N–C) groups is 1. The Bertz CT molecular complexity index is 399. The molecular weight excluding hydrogens is 268 g/mol. The number of nitrogens with zero attached hydrogens (tertiary/aromatic N) is 1. The van der Waals surface area contributed by atoms with Gasteiger partial charge < -0.3 is 5.73 Å². The van der Waals surface area contributed by atoms with Crippen LogP contribution in [0.4, 0.5) is 0 Å².